The fraction of sp³-hybridized carbons (Fsp3) is 0.263. The molecule has 0 aliphatic heterocycles. The summed E-state index contributed by atoms with van der Waals surface area (Å²) in [4.78, 5) is 23.5. The Hall–Kier alpha value is -3.22. The van der Waals surface area contributed by atoms with Crippen molar-refractivity contribution >= 4 is 17.6 Å². The number of hydrogen-bond donors (Lipinski definition) is 2. The number of benzene rings is 2. The van der Waals surface area contributed by atoms with Crippen molar-refractivity contribution in [3.05, 3.63) is 48.0 Å². The molecule has 138 valence electrons. The van der Waals surface area contributed by atoms with E-state index in [2.05, 4.69) is 10.1 Å². The fourth-order valence-electron chi connectivity index (χ4n) is 2.23. The van der Waals surface area contributed by atoms with Crippen LogP contribution in [0.1, 0.15) is 23.2 Å². The van der Waals surface area contributed by atoms with E-state index < -0.39 is 5.97 Å². The Morgan fingerprint density at radius 3 is 2.38 bits per heavy atom. The first-order chi connectivity index (χ1) is 12.5. The molecule has 2 aromatic carbocycles. The molecule has 2 aromatic rings. The van der Waals surface area contributed by atoms with E-state index >= 15 is 0 Å². The molecule has 0 aromatic heterocycles. The predicted octanol–water partition coefficient (Wildman–Crippen LogP) is 2.99. The summed E-state index contributed by atoms with van der Waals surface area (Å²) in [6.45, 7) is 0.369. The van der Waals surface area contributed by atoms with E-state index in [0.29, 0.717) is 18.8 Å². The van der Waals surface area contributed by atoms with Gasteiger partial charge >= 0.3 is 5.97 Å². The van der Waals surface area contributed by atoms with Crippen LogP contribution in [0.2, 0.25) is 0 Å². The van der Waals surface area contributed by atoms with Gasteiger partial charge in [-0.3, -0.25) is 4.79 Å². The number of phenols is 1. The Morgan fingerprint density at radius 1 is 1.04 bits per heavy atom. The highest BCUT2D eigenvalue weighted by Gasteiger charge is 2.15. The second-order valence-electron chi connectivity index (χ2n) is 5.37. The minimum absolute atomic E-state index is 0.00635. The second-order valence-corrected chi connectivity index (χ2v) is 5.37. The van der Waals surface area contributed by atoms with Crippen molar-refractivity contribution in [2.45, 2.75) is 12.8 Å². The molecular weight excluding hydrogens is 338 g/mol. The van der Waals surface area contributed by atoms with E-state index in [-0.39, 0.29) is 29.3 Å². The number of phenolic OH excluding ortho intramolecular Hbond substituents is 1. The molecule has 0 radical (unpaired) electrons. The van der Waals surface area contributed by atoms with Crippen LogP contribution in [0.3, 0.4) is 0 Å². The van der Waals surface area contributed by atoms with Gasteiger partial charge in [-0.25, -0.2) is 4.79 Å². The zero-order valence-electron chi connectivity index (χ0n) is 14.7. The molecular formula is C19H21NO6. The van der Waals surface area contributed by atoms with Crippen molar-refractivity contribution in [2.75, 3.05) is 26.1 Å². The number of carbonyl (C=O) groups is 2. The van der Waals surface area contributed by atoms with Gasteiger partial charge in [0.15, 0.2) is 5.75 Å². The van der Waals surface area contributed by atoms with E-state index in [4.69, 9.17) is 9.47 Å². The number of para-hydroxylation sites is 1. The third kappa shape index (κ3) is 5.14. The topological polar surface area (TPSA) is 94.1 Å². The standard InChI is InChI=1S/C19H21NO6/c1-24-13-8-10-14(11-9-13)26-12-4-7-17(21)20-16-6-3-5-15(18(16)22)19(23)25-2/h3,5-6,8-11,22H,4,7,12H2,1-2H3,(H,20,21). The van der Waals surface area contributed by atoms with Gasteiger partial charge in [0, 0.05) is 6.42 Å². The third-order valence-electron chi connectivity index (χ3n) is 3.59. The van der Waals surface area contributed by atoms with Crippen molar-refractivity contribution in [2.24, 2.45) is 0 Å². The zero-order chi connectivity index (χ0) is 18.9. The van der Waals surface area contributed by atoms with Crippen molar-refractivity contribution in [3.63, 3.8) is 0 Å². The number of rotatable bonds is 8. The van der Waals surface area contributed by atoms with Crippen LogP contribution >= 0.6 is 0 Å². The number of amides is 1. The summed E-state index contributed by atoms with van der Waals surface area (Å²) >= 11 is 0. The molecule has 2 rings (SSSR count). The molecule has 0 saturated carbocycles. The Morgan fingerprint density at radius 2 is 1.73 bits per heavy atom. The van der Waals surface area contributed by atoms with Crippen LogP contribution in [-0.2, 0) is 9.53 Å². The molecule has 7 nitrogen and oxygen atoms in total. The zero-order valence-corrected chi connectivity index (χ0v) is 14.7. The van der Waals surface area contributed by atoms with Crippen molar-refractivity contribution in [1.29, 1.82) is 0 Å². The van der Waals surface area contributed by atoms with Gasteiger partial charge in [0.25, 0.3) is 0 Å². The lowest BCUT2D eigenvalue weighted by atomic mass is 10.1. The largest absolute Gasteiger partial charge is 0.505 e. The molecule has 7 heteroatoms. The van der Waals surface area contributed by atoms with Gasteiger partial charge in [0.05, 0.1) is 26.5 Å². The summed E-state index contributed by atoms with van der Waals surface area (Å²) in [5.41, 5.74) is 0.155. The average molecular weight is 359 g/mol. The fourth-order valence-corrected chi connectivity index (χ4v) is 2.23. The predicted molar refractivity (Wildman–Crippen MR) is 95.8 cm³/mol. The number of methoxy groups -OCH3 is 2. The van der Waals surface area contributed by atoms with Gasteiger partial charge in [-0.05, 0) is 42.8 Å². The molecule has 0 aliphatic carbocycles. The molecule has 0 heterocycles. The Kier molecular flexibility index (Phi) is 6.84. The number of anilines is 1. The lowest BCUT2D eigenvalue weighted by molar-refractivity contribution is -0.116. The van der Waals surface area contributed by atoms with Crippen molar-refractivity contribution in [3.8, 4) is 17.2 Å². The van der Waals surface area contributed by atoms with E-state index in [1.807, 2.05) is 0 Å². The van der Waals surface area contributed by atoms with Crippen LogP contribution < -0.4 is 14.8 Å². The maximum absolute atomic E-state index is 12.0. The number of ether oxygens (including phenoxy) is 3. The van der Waals surface area contributed by atoms with Crippen LogP contribution in [0.15, 0.2) is 42.5 Å². The summed E-state index contributed by atoms with van der Waals surface area (Å²) in [6.07, 6.45) is 0.702. The normalized spacial score (nSPS) is 10.1. The molecule has 0 unspecified atom stereocenters. The minimum atomic E-state index is -0.675. The Balaban J connectivity index is 1.81. The lowest BCUT2D eigenvalue weighted by Crippen LogP contribution is -2.13. The van der Waals surface area contributed by atoms with E-state index in [1.54, 1.807) is 37.4 Å². The molecule has 0 bridgehead atoms. The highest BCUT2D eigenvalue weighted by molar-refractivity contribution is 5.98. The molecule has 0 aliphatic rings. The molecule has 0 saturated heterocycles. The van der Waals surface area contributed by atoms with Gasteiger partial charge in [0.1, 0.15) is 17.1 Å². The number of aromatic hydroxyl groups is 1. The Bertz CT molecular complexity index is 757. The lowest BCUT2D eigenvalue weighted by Gasteiger charge is -2.10. The first-order valence-corrected chi connectivity index (χ1v) is 8.02. The van der Waals surface area contributed by atoms with Crippen molar-refractivity contribution < 1.29 is 28.9 Å². The molecule has 0 fully saturated rings. The van der Waals surface area contributed by atoms with Crippen LogP contribution in [0, 0.1) is 0 Å². The van der Waals surface area contributed by atoms with Gasteiger partial charge < -0.3 is 24.6 Å². The quantitative estimate of drug-likeness (QED) is 0.427. The third-order valence-corrected chi connectivity index (χ3v) is 3.59. The van der Waals surface area contributed by atoms with Gasteiger partial charge in [-0.2, -0.15) is 0 Å². The summed E-state index contributed by atoms with van der Waals surface area (Å²) < 4.78 is 15.2. The summed E-state index contributed by atoms with van der Waals surface area (Å²) in [5.74, 6) is 0.148. The molecule has 1 amide bonds. The molecule has 26 heavy (non-hydrogen) atoms. The van der Waals surface area contributed by atoms with Crippen LogP contribution in [0.4, 0.5) is 5.69 Å². The van der Waals surface area contributed by atoms with Gasteiger partial charge in [0.2, 0.25) is 5.91 Å². The maximum Gasteiger partial charge on any atom is 0.341 e. The number of carbonyl (C=O) groups excluding carboxylic acids is 2. The van der Waals surface area contributed by atoms with Crippen LogP contribution in [0.5, 0.6) is 17.2 Å². The van der Waals surface area contributed by atoms with Gasteiger partial charge in [-0.1, -0.05) is 6.07 Å². The average Bonchev–Trinajstić information content (AvgIpc) is 2.66. The van der Waals surface area contributed by atoms with Crippen molar-refractivity contribution in [1.82, 2.24) is 0 Å². The molecule has 0 spiro atoms. The van der Waals surface area contributed by atoms with Crippen LogP contribution in [-0.4, -0.2) is 37.8 Å². The summed E-state index contributed by atoms with van der Waals surface area (Å²) in [7, 11) is 2.81. The number of nitrogens with one attached hydrogen (secondary N) is 1. The highest BCUT2D eigenvalue weighted by atomic mass is 16.5. The Labute approximate surface area is 151 Å². The van der Waals surface area contributed by atoms with Gasteiger partial charge in [-0.15, -0.1) is 0 Å². The maximum atomic E-state index is 12.0. The number of hydrogen-bond acceptors (Lipinski definition) is 6. The first kappa shape index (κ1) is 19.1. The smallest absolute Gasteiger partial charge is 0.341 e. The van der Waals surface area contributed by atoms with E-state index in [9.17, 15) is 14.7 Å². The second kappa shape index (κ2) is 9.31. The summed E-state index contributed by atoms with van der Waals surface area (Å²) in [6, 6.07) is 11.6. The first-order valence-electron chi connectivity index (χ1n) is 8.02. The SMILES string of the molecule is COC(=O)c1cccc(NC(=O)CCCOc2ccc(OC)cc2)c1O. The van der Waals surface area contributed by atoms with E-state index in [1.165, 1.54) is 19.2 Å². The molecule has 2 N–H and O–H groups in total. The minimum Gasteiger partial charge on any atom is -0.505 e. The summed E-state index contributed by atoms with van der Waals surface area (Å²) in [5, 5.41) is 12.6. The van der Waals surface area contributed by atoms with Crippen LogP contribution in [0.25, 0.3) is 0 Å². The number of esters is 1. The van der Waals surface area contributed by atoms with E-state index in [0.717, 1.165) is 5.75 Å². The monoisotopic (exact) mass is 359 g/mol. The molecule has 0 atom stereocenters. The highest BCUT2D eigenvalue weighted by Crippen LogP contribution is 2.28.